The number of para-hydroxylation sites is 2. The lowest BCUT2D eigenvalue weighted by Gasteiger charge is -2.07. The van der Waals surface area contributed by atoms with Gasteiger partial charge in [0.25, 0.3) is 0 Å². The minimum atomic E-state index is -0.0570. The summed E-state index contributed by atoms with van der Waals surface area (Å²) >= 11 is 2.97. The van der Waals surface area contributed by atoms with Gasteiger partial charge in [0, 0.05) is 24.2 Å². The first-order valence-corrected chi connectivity index (χ1v) is 10.9. The van der Waals surface area contributed by atoms with Gasteiger partial charge in [-0.15, -0.1) is 10.2 Å². The zero-order valence-electron chi connectivity index (χ0n) is 16.1. The number of nitrogens with one attached hydrogen (secondary N) is 1. The van der Waals surface area contributed by atoms with Crippen molar-refractivity contribution in [2.45, 2.75) is 28.7 Å². The summed E-state index contributed by atoms with van der Waals surface area (Å²) in [5.74, 6) is 0.247. The van der Waals surface area contributed by atoms with Crippen LogP contribution in [0.2, 0.25) is 0 Å². The van der Waals surface area contributed by atoms with Gasteiger partial charge in [0.2, 0.25) is 5.91 Å². The lowest BCUT2D eigenvalue weighted by molar-refractivity contribution is -0.113. The molecule has 9 heteroatoms. The molecular formula is C20H20N6OS2. The second kappa shape index (κ2) is 8.71. The number of hydrogen-bond donors (Lipinski definition) is 1. The Morgan fingerprint density at radius 1 is 1.10 bits per heavy atom. The Hall–Kier alpha value is -2.78. The molecule has 0 atom stereocenters. The van der Waals surface area contributed by atoms with Gasteiger partial charge < -0.3 is 14.5 Å². The Kier molecular flexibility index (Phi) is 5.86. The van der Waals surface area contributed by atoms with Crippen LogP contribution in [0.5, 0.6) is 0 Å². The first-order chi connectivity index (χ1) is 14.1. The van der Waals surface area contributed by atoms with Crippen molar-refractivity contribution < 1.29 is 4.79 Å². The molecule has 29 heavy (non-hydrogen) atoms. The van der Waals surface area contributed by atoms with E-state index < -0.39 is 0 Å². The number of carbonyl (C=O) groups is 1. The number of aryl methyl sites for hydroxylation is 2. The van der Waals surface area contributed by atoms with Crippen LogP contribution in [0.3, 0.4) is 0 Å². The van der Waals surface area contributed by atoms with Gasteiger partial charge >= 0.3 is 0 Å². The molecule has 0 spiro atoms. The predicted molar refractivity (Wildman–Crippen MR) is 116 cm³/mol. The van der Waals surface area contributed by atoms with Gasteiger partial charge in [-0.1, -0.05) is 23.9 Å². The van der Waals surface area contributed by atoms with E-state index in [4.69, 9.17) is 0 Å². The second-order valence-electron chi connectivity index (χ2n) is 6.32. The summed E-state index contributed by atoms with van der Waals surface area (Å²) < 4.78 is 3.99. The number of benzene rings is 2. The topological polar surface area (TPSA) is 77.6 Å². The Bertz CT molecular complexity index is 1140. The molecule has 0 radical (unpaired) electrons. The summed E-state index contributed by atoms with van der Waals surface area (Å²) in [6.45, 7) is 2.90. The fourth-order valence-corrected chi connectivity index (χ4v) is 4.51. The van der Waals surface area contributed by atoms with E-state index >= 15 is 0 Å². The van der Waals surface area contributed by atoms with Gasteiger partial charge in [0.15, 0.2) is 10.3 Å². The van der Waals surface area contributed by atoms with Crippen molar-refractivity contribution in [3.63, 3.8) is 0 Å². The third-order valence-corrected chi connectivity index (χ3v) is 6.32. The zero-order chi connectivity index (χ0) is 20.2. The van der Waals surface area contributed by atoms with E-state index in [1.54, 1.807) is 6.33 Å². The Morgan fingerprint density at radius 2 is 1.90 bits per heavy atom. The number of amides is 1. The molecule has 2 aromatic carbocycles. The van der Waals surface area contributed by atoms with Crippen LogP contribution in [0.25, 0.3) is 11.0 Å². The van der Waals surface area contributed by atoms with Crippen LogP contribution in [0.15, 0.2) is 70.1 Å². The molecule has 1 amide bonds. The number of aromatic nitrogens is 5. The highest BCUT2D eigenvalue weighted by Crippen LogP contribution is 2.27. The smallest absolute Gasteiger partial charge is 0.234 e. The minimum Gasteiger partial charge on any atom is -0.325 e. The molecule has 0 saturated carbocycles. The van der Waals surface area contributed by atoms with Gasteiger partial charge in [-0.3, -0.25) is 4.79 Å². The maximum absolute atomic E-state index is 12.4. The molecule has 4 rings (SSSR count). The quantitative estimate of drug-likeness (QED) is 0.451. The average molecular weight is 425 g/mol. The third kappa shape index (κ3) is 4.46. The van der Waals surface area contributed by atoms with Crippen LogP contribution in [0, 0.1) is 0 Å². The van der Waals surface area contributed by atoms with Crippen LogP contribution >= 0.6 is 23.5 Å². The van der Waals surface area contributed by atoms with Crippen LogP contribution in [0.1, 0.15) is 6.92 Å². The van der Waals surface area contributed by atoms with Crippen molar-refractivity contribution >= 4 is 46.2 Å². The highest BCUT2D eigenvalue weighted by molar-refractivity contribution is 7.99. The van der Waals surface area contributed by atoms with Crippen LogP contribution in [0.4, 0.5) is 5.69 Å². The lowest BCUT2D eigenvalue weighted by Crippen LogP contribution is -2.14. The molecular weight excluding hydrogens is 404 g/mol. The van der Waals surface area contributed by atoms with Crippen molar-refractivity contribution in [1.82, 2.24) is 24.3 Å². The van der Waals surface area contributed by atoms with Crippen molar-refractivity contribution in [2.24, 2.45) is 7.05 Å². The molecule has 2 heterocycles. The monoisotopic (exact) mass is 424 g/mol. The van der Waals surface area contributed by atoms with Crippen LogP contribution in [-0.4, -0.2) is 36.0 Å². The molecule has 1 N–H and O–H groups in total. The summed E-state index contributed by atoms with van der Waals surface area (Å²) in [5, 5.41) is 12.6. The summed E-state index contributed by atoms with van der Waals surface area (Å²) in [6.07, 6.45) is 1.67. The number of anilines is 1. The molecule has 0 saturated heterocycles. The number of rotatable bonds is 7. The highest BCUT2D eigenvalue weighted by atomic mass is 32.2. The number of nitrogens with zero attached hydrogens (tertiary/aromatic N) is 5. The number of imidazole rings is 1. The first kappa shape index (κ1) is 19.5. The van der Waals surface area contributed by atoms with Crippen LogP contribution < -0.4 is 5.32 Å². The van der Waals surface area contributed by atoms with Gasteiger partial charge in [-0.05, 0) is 55.1 Å². The number of fused-ring (bicyclic) bond motifs is 1. The van der Waals surface area contributed by atoms with E-state index in [9.17, 15) is 4.79 Å². The Balaban J connectivity index is 1.36. The summed E-state index contributed by atoms with van der Waals surface area (Å²) in [5.41, 5.74) is 2.81. The molecule has 0 unspecified atom stereocenters. The van der Waals surface area contributed by atoms with Crippen molar-refractivity contribution in [3.8, 4) is 0 Å². The Labute approximate surface area is 176 Å². The van der Waals surface area contributed by atoms with Gasteiger partial charge in [0.1, 0.15) is 6.33 Å². The van der Waals surface area contributed by atoms with E-state index in [0.29, 0.717) is 5.75 Å². The number of thioether (sulfide) groups is 1. The second-order valence-corrected chi connectivity index (χ2v) is 8.30. The van der Waals surface area contributed by atoms with Gasteiger partial charge in [0.05, 0.1) is 16.8 Å². The predicted octanol–water partition coefficient (Wildman–Crippen LogP) is 4.07. The van der Waals surface area contributed by atoms with E-state index in [1.165, 1.54) is 23.5 Å². The van der Waals surface area contributed by atoms with E-state index in [0.717, 1.165) is 38.5 Å². The summed E-state index contributed by atoms with van der Waals surface area (Å²) in [6, 6.07) is 15.7. The number of carbonyl (C=O) groups excluding carboxylic acids is 1. The molecule has 0 aliphatic carbocycles. The normalized spacial score (nSPS) is 11.1. The fourth-order valence-electron chi connectivity index (χ4n) is 2.87. The lowest BCUT2D eigenvalue weighted by atomic mass is 10.3. The molecule has 7 nitrogen and oxygen atoms in total. The molecule has 148 valence electrons. The van der Waals surface area contributed by atoms with Crippen LogP contribution in [-0.2, 0) is 18.4 Å². The SMILES string of the molecule is CCn1c(SCC(=O)Nc2ccc(Sc3nncn3C)cc2)nc2ccccc21. The largest absolute Gasteiger partial charge is 0.325 e. The molecule has 2 aromatic heterocycles. The fraction of sp³-hybridized carbons (Fsp3) is 0.200. The maximum atomic E-state index is 12.4. The third-order valence-electron chi connectivity index (χ3n) is 4.29. The van der Waals surface area contributed by atoms with E-state index in [1.807, 2.05) is 54.1 Å². The van der Waals surface area contributed by atoms with Crippen molar-refractivity contribution in [1.29, 1.82) is 0 Å². The standard InChI is InChI=1S/C20H20N6OS2/c1-3-26-17-7-5-4-6-16(17)23-19(26)28-12-18(27)22-14-8-10-15(11-9-14)29-20-24-21-13-25(20)2/h4-11,13H,3,12H2,1-2H3,(H,22,27). The molecule has 4 aromatic rings. The number of hydrogen-bond acceptors (Lipinski definition) is 6. The molecule has 0 fully saturated rings. The van der Waals surface area contributed by atoms with E-state index in [2.05, 4.69) is 38.1 Å². The molecule has 0 aliphatic rings. The van der Waals surface area contributed by atoms with E-state index in [-0.39, 0.29) is 5.91 Å². The Morgan fingerprint density at radius 3 is 2.62 bits per heavy atom. The summed E-state index contributed by atoms with van der Waals surface area (Å²) in [4.78, 5) is 18.1. The molecule has 0 bridgehead atoms. The average Bonchev–Trinajstić information content (AvgIpc) is 3.30. The van der Waals surface area contributed by atoms with Crippen molar-refractivity contribution in [2.75, 3.05) is 11.1 Å². The highest BCUT2D eigenvalue weighted by Gasteiger charge is 2.12. The summed E-state index contributed by atoms with van der Waals surface area (Å²) in [7, 11) is 1.90. The molecule has 0 aliphatic heterocycles. The zero-order valence-corrected chi connectivity index (χ0v) is 17.7. The van der Waals surface area contributed by atoms with Crippen molar-refractivity contribution in [3.05, 3.63) is 54.9 Å². The van der Waals surface area contributed by atoms with Gasteiger partial charge in [-0.25, -0.2) is 4.98 Å². The maximum Gasteiger partial charge on any atom is 0.234 e. The minimum absolute atomic E-state index is 0.0570. The van der Waals surface area contributed by atoms with Gasteiger partial charge in [-0.2, -0.15) is 0 Å². The first-order valence-electron chi connectivity index (χ1n) is 9.14.